The van der Waals surface area contributed by atoms with Gasteiger partial charge in [0.25, 0.3) is 0 Å². The molecule has 21 heavy (non-hydrogen) atoms. The van der Waals surface area contributed by atoms with Gasteiger partial charge in [0.2, 0.25) is 5.91 Å². The molecular weight excluding hydrogens is 283 g/mol. The molecule has 1 rings (SSSR count). The molecule has 0 saturated carbocycles. The van der Waals surface area contributed by atoms with E-state index in [2.05, 4.69) is 10.6 Å². The van der Waals surface area contributed by atoms with Crippen LogP contribution in [-0.4, -0.2) is 50.7 Å². The number of carbonyl (C=O) groups excluding carboxylic acids is 1. The van der Waals surface area contributed by atoms with Crippen molar-refractivity contribution in [2.24, 2.45) is 0 Å². The number of rotatable bonds is 7. The molecule has 0 heterocycles. The van der Waals surface area contributed by atoms with Gasteiger partial charge in [0.1, 0.15) is 0 Å². The molecule has 0 aromatic heterocycles. The Labute approximate surface area is 122 Å². The van der Waals surface area contributed by atoms with E-state index in [0.717, 1.165) is 5.56 Å². The van der Waals surface area contributed by atoms with Crippen LogP contribution in [0.4, 0.5) is 13.2 Å². The summed E-state index contributed by atoms with van der Waals surface area (Å²) in [4.78, 5) is 13.5. The number of likely N-dealkylation sites (N-methyl/N-ethyl adjacent to an activating group) is 1. The second kappa shape index (κ2) is 7.99. The zero-order valence-corrected chi connectivity index (χ0v) is 12.1. The third kappa shape index (κ3) is 7.10. The Morgan fingerprint density at radius 3 is 2.38 bits per heavy atom. The lowest BCUT2D eigenvalue weighted by atomic mass is 10.1. The summed E-state index contributed by atoms with van der Waals surface area (Å²) >= 11 is 0. The van der Waals surface area contributed by atoms with Crippen molar-refractivity contribution in [3.63, 3.8) is 0 Å². The Hall–Kier alpha value is -1.60. The minimum atomic E-state index is -4.31. The zero-order valence-electron chi connectivity index (χ0n) is 12.1. The fourth-order valence-electron chi connectivity index (χ4n) is 1.86. The number of nitrogens with zero attached hydrogens (tertiary/aromatic N) is 1. The SMILES string of the molecule is CN(C)C(CNC(=O)CNCC(F)(F)F)c1ccccc1. The van der Waals surface area contributed by atoms with Crippen LogP contribution in [-0.2, 0) is 4.79 Å². The van der Waals surface area contributed by atoms with E-state index < -0.39 is 18.6 Å². The van der Waals surface area contributed by atoms with Crippen LogP contribution in [0, 0.1) is 0 Å². The highest BCUT2D eigenvalue weighted by Crippen LogP contribution is 2.16. The Bertz CT molecular complexity index is 435. The maximum atomic E-state index is 11.9. The molecule has 1 unspecified atom stereocenters. The molecule has 0 aliphatic rings. The molecule has 1 aromatic carbocycles. The van der Waals surface area contributed by atoms with Crippen molar-refractivity contribution < 1.29 is 18.0 Å². The summed E-state index contributed by atoms with van der Waals surface area (Å²) in [6.07, 6.45) is -4.31. The van der Waals surface area contributed by atoms with E-state index >= 15 is 0 Å². The maximum absolute atomic E-state index is 11.9. The average Bonchev–Trinajstić information content (AvgIpc) is 2.38. The summed E-state index contributed by atoms with van der Waals surface area (Å²) in [6, 6.07) is 9.56. The van der Waals surface area contributed by atoms with Gasteiger partial charge >= 0.3 is 6.18 Å². The van der Waals surface area contributed by atoms with Crippen LogP contribution in [0.3, 0.4) is 0 Å². The summed E-state index contributed by atoms with van der Waals surface area (Å²) in [5, 5.41) is 4.71. The van der Waals surface area contributed by atoms with Gasteiger partial charge in [0.05, 0.1) is 19.1 Å². The molecule has 0 fully saturated rings. The Morgan fingerprint density at radius 1 is 1.24 bits per heavy atom. The van der Waals surface area contributed by atoms with Crippen molar-refractivity contribution in [2.75, 3.05) is 33.7 Å². The largest absolute Gasteiger partial charge is 0.401 e. The smallest absolute Gasteiger partial charge is 0.353 e. The minimum absolute atomic E-state index is 0.0298. The van der Waals surface area contributed by atoms with Gasteiger partial charge in [-0.3, -0.25) is 4.79 Å². The summed E-state index contributed by atoms with van der Waals surface area (Å²) < 4.78 is 35.8. The van der Waals surface area contributed by atoms with Crippen molar-refractivity contribution in [3.8, 4) is 0 Å². The third-order valence-electron chi connectivity index (χ3n) is 2.91. The average molecular weight is 303 g/mol. The van der Waals surface area contributed by atoms with Gasteiger partial charge in [-0.05, 0) is 19.7 Å². The van der Waals surface area contributed by atoms with Crippen molar-refractivity contribution in [3.05, 3.63) is 35.9 Å². The van der Waals surface area contributed by atoms with E-state index in [-0.39, 0.29) is 12.6 Å². The predicted molar refractivity (Wildman–Crippen MR) is 74.8 cm³/mol. The molecule has 0 aliphatic heterocycles. The number of nitrogens with one attached hydrogen (secondary N) is 2. The Balaban J connectivity index is 2.42. The molecule has 1 atom stereocenters. The first kappa shape index (κ1) is 17.5. The quantitative estimate of drug-likeness (QED) is 0.803. The number of carbonyl (C=O) groups is 1. The highest BCUT2D eigenvalue weighted by Gasteiger charge is 2.26. The lowest BCUT2D eigenvalue weighted by Gasteiger charge is -2.25. The molecule has 0 saturated heterocycles. The van der Waals surface area contributed by atoms with E-state index in [4.69, 9.17) is 0 Å². The van der Waals surface area contributed by atoms with Gasteiger partial charge < -0.3 is 15.5 Å². The molecule has 0 radical (unpaired) electrons. The zero-order chi connectivity index (χ0) is 15.9. The number of halogens is 3. The number of hydrogen-bond acceptors (Lipinski definition) is 3. The topological polar surface area (TPSA) is 44.4 Å². The van der Waals surface area contributed by atoms with E-state index in [1.165, 1.54) is 0 Å². The molecule has 1 amide bonds. The summed E-state index contributed by atoms with van der Waals surface area (Å²) in [7, 11) is 3.76. The van der Waals surface area contributed by atoms with Gasteiger partial charge in [-0.2, -0.15) is 13.2 Å². The second-order valence-corrected chi connectivity index (χ2v) is 4.91. The molecule has 0 bridgehead atoms. The molecular formula is C14H20F3N3O. The van der Waals surface area contributed by atoms with Gasteiger partial charge in [-0.25, -0.2) is 0 Å². The van der Waals surface area contributed by atoms with E-state index in [0.29, 0.717) is 6.54 Å². The Morgan fingerprint density at radius 2 is 1.86 bits per heavy atom. The number of benzene rings is 1. The fraction of sp³-hybridized carbons (Fsp3) is 0.500. The monoisotopic (exact) mass is 303 g/mol. The van der Waals surface area contributed by atoms with E-state index in [9.17, 15) is 18.0 Å². The van der Waals surface area contributed by atoms with E-state index in [1.54, 1.807) is 0 Å². The minimum Gasteiger partial charge on any atom is -0.353 e. The highest BCUT2D eigenvalue weighted by atomic mass is 19.4. The fourth-order valence-corrected chi connectivity index (χ4v) is 1.86. The molecule has 4 nitrogen and oxygen atoms in total. The number of alkyl halides is 3. The van der Waals surface area contributed by atoms with Crippen LogP contribution in [0.15, 0.2) is 30.3 Å². The van der Waals surface area contributed by atoms with Gasteiger partial charge in [0.15, 0.2) is 0 Å². The first-order valence-corrected chi connectivity index (χ1v) is 6.55. The Kier molecular flexibility index (Phi) is 6.64. The highest BCUT2D eigenvalue weighted by molar-refractivity contribution is 5.78. The van der Waals surface area contributed by atoms with Crippen LogP contribution in [0.5, 0.6) is 0 Å². The molecule has 7 heteroatoms. The lowest BCUT2D eigenvalue weighted by Crippen LogP contribution is -2.41. The van der Waals surface area contributed by atoms with Crippen molar-refractivity contribution in [2.45, 2.75) is 12.2 Å². The number of amides is 1. The van der Waals surface area contributed by atoms with Crippen molar-refractivity contribution >= 4 is 5.91 Å². The molecule has 118 valence electrons. The maximum Gasteiger partial charge on any atom is 0.401 e. The molecule has 0 aliphatic carbocycles. The van der Waals surface area contributed by atoms with E-state index in [1.807, 2.05) is 49.3 Å². The lowest BCUT2D eigenvalue weighted by molar-refractivity contribution is -0.128. The van der Waals surface area contributed by atoms with Gasteiger partial charge in [-0.15, -0.1) is 0 Å². The summed E-state index contributed by atoms with van der Waals surface area (Å²) in [5.74, 6) is -0.456. The van der Waals surface area contributed by atoms with Gasteiger partial charge in [-0.1, -0.05) is 30.3 Å². The van der Waals surface area contributed by atoms with Crippen LogP contribution in [0.2, 0.25) is 0 Å². The van der Waals surface area contributed by atoms with Crippen molar-refractivity contribution in [1.29, 1.82) is 0 Å². The first-order valence-electron chi connectivity index (χ1n) is 6.55. The van der Waals surface area contributed by atoms with Gasteiger partial charge in [0, 0.05) is 6.54 Å². The van der Waals surface area contributed by atoms with Crippen molar-refractivity contribution in [1.82, 2.24) is 15.5 Å². The summed E-state index contributed by atoms with van der Waals surface area (Å²) in [6.45, 7) is -1.19. The third-order valence-corrected chi connectivity index (χ3v) is 2.91. The molecule has 0 spiro atoms. The number of hydrogen-bond donors (Lipinski definition) is 2. The first-order chi connectivity index (χ1) is 9.79. The molecule has 2 N–H and O–H groups in total. The van der Waals surface area contributed by atoms with Crippen LogP contribution < -0.4 is 10.6 Å². The normalized spacial score (nSPS) is 13.2. The standard InChI is InChI=1S/C14H20F3N3O/c1-20(2)12(11-6-4-3-5-7-11)8-19-13(21)9-18-10-14(15,16)17/h3-7,12,18H,8-10H2,1-2H3,(H,19,21). The van der Waals surface area contributed by atoms with Crippen LogP contribution in [0.1, 0.15) is 11.6 Å². The van der Waals surface area contributed by atoms with Crippen LogP contribution in [0.25, 0.3) is 0 Å². The van der Waals surface area contributed by atoms with Crippen LogP contribution >= 0.6 is 0 Å². The second-order valence-electron chi connectivity index (χ2n) is 4.91. The predicted octanol–water partition coefficient (Wildman–Crippen LogP) is 1.56. The molecule has 1 aromatic rings. The summed E-state index contributed by atoms with van der Waals surface area (Å²) in [5.41, 5.74) is 1.03.